The Kier molecular flexibility index (Phi) is 9.88. The van der Waals surface area contributed by atoms with E-state index in [0.717, 1.165) is 24.3 Å². The monoisotopic (exact) mass is 215 g/mol. The van der Waals surface area contributed by atoms with Gasteiger partial charge in [0.05, 0.1) is 19.1 Å². The quantitative estimate of drug-likeness (QED) is 0.460. The van der Waals surface area contributed by atoms with Gasteiger partial charge in [-0.2, -0.15) is 17.0 Å². The Morgan fingerprint density at radius 1 is 1.43 bits per heavy atom. The van der Waals surface area contributed by atoms with E-state index in [1.54, 1.807) is 11.8 Å². The Labute approximate surface area is 89.8 Å². The summed E-state index contributed by atoms with van der Waals surface area (Å²) in [4.78, 5) is 10.9. The van der Waals surface area contributed by atoms with Gasteiger partial charge in [0.25, 0.3) is 0 Å². The minimum Gasteiger partial charge on any atom is -0.466 e. The van der Waals surface area contributed by atoms with Crippen LogP contribution >= 0.6 is 11.8 Å². The predicted molar refractivity (Wildman–Crippen MR) is 58.0 cm³/mol. The SMILES string of the molecule is CCOC(=O)CCSCCCCC#N. The second-order valence-corrected chi connectivity index (χ2v) is 4.01. The minimum absolute atomic E-state index is 0.114. The van der Waals surface area contributed by atoms with Crippen LogP contribution in [-0.2, 0) is 9.53 Å². The van der Waals surface area contributed by atoms with E-state index in [1.165, 1.54) is 0 Å². The van der Waals surface area contributed by atoms with Crippen LogP contribution < -0.4 is 0 Å². The summed E-state index contributed by atoms with van der Waals surface area (Å²) in [5.41, 5.74) is 0. The van der Waals surface area contributed by atoms with Gasteiger partial charge in [-0.3, -0.25) is 4.79 Å². The lowest BCUT2D eigenvalue weighted by Gasteiger charge is -2.01. The fourth-order valence-electron chi connectivity index (χ4n) is 0.899. The van der Waals surface area contributed by atoms with Crippen molar-refractivity contribution in [3.63, 3.8) is 0 Å². The van der Waals surface area contributed by atoms with Crippen LogP contribution in [0, 0.1) is 11.3 Å². The number of carbonyl (C=O) groups excluding carboxylic acids is 1. The minimum atomic E-state index is -0.114. The van der Waals surface area contributed by atoms with E-state index in [4.69, 9.17) is 10.00 Å². The Morgan fingerprint density at radius 2 is 2.21 bits per heavy atom. The normalized spacial score (nSPS) is 9.43. The van der Waals surface area contributed by atoms with Gasteiger partial charge in [-0.1, -0.05) is 0 Å². The molecule has 14 heavy (non-hydrogen) atoms. The standard InChI is InChI=1S/C10H17NO2S/c1-2-13-10(12)6-9-14-8-5-3-4-7-11/h2-6,8-9H2,1H3. The highest BCUT2D eigenvalue weighted by Crippen LogP contribution is 2.07. The first-order chi connectivity index (χ1) is 6.81. The summed E-state index contributed by atoms with van der Waals surface area (Å²) < 4.78 is 4.79. The Bertz CT molecular complexity index is 189. The van der Waals surface area contributed by atoms with Crippen molar-refractivity contribution in [2.24, 2.45) is 0 Å². The number of hydrogen-bond donors (Lipinski definition) is 0. The van der Waals surface area contributed by atoms with Crippen molar-refractivity contribution in [2.75, 3.05) is 18.1 Å². The molecule has 3 nitrogen and oxygen atoms in total. The number of ether oxygens (including phenoxy) is 1. The third-order valence-corrected chi connectivity index (χ3v) is 2.65. The van der Waals surface area contributed by atoms with E-state index in [9.17, 15) is 4.79 Å². The number of nitriles is 1. The van der Waals surface area contributed by atoms with Gasteiger partial charge in [-0.05, 0) is 25.5 Å². The average molecular weight is 215 g/mol. The van der Waals surface area contributed by atoms with Crippen molar-refractivity contribution in [1.82, 2.24) is 0 Å². The molecule has 0 aromatic carbocycles. The van der Waals surface area contributed by atoms with Gasteiger partial charge < -0.3 is 4.74 Å². The first kappa shape index (κ1) is 13.3. The number of carbonyl (C=O) groups is 1. The van der Waals surface area contributed by atoms with Gasteiger partial charge in [-0.25, -0.2) is 0 Å². The van der Waals surface area contributed by atoms with Crippen LogP contribution in [0.3, 0.4) is 0 Å². The molecular weight excluding hydrogens is 198 g/mol. The number of thioether (sulfide) groups is 1. The summed E-state index contributed by atoms with van der Waals surface area (Å²) in [7, 11) is 0. The second kappa shape index (κ2) is 10.4. The third-order valence-electron chi connectivity index (χ3n) is 1.58. The molecule has 0 bridgehead atoms. The predicted octanol–water partition coefficient (Wildman–Crippen LogP) is 2.37. The molecule has 0 fully saturated rings. The summed E-state index contributed by atoms with van der Waals surface area (Å²) in [6.45, 7) is 2.28. The zero-order valence-electron chi connectivity index (χ0n) is 8.62. The molecule has 0 aliphatic carbocycles. The van der Waals surface area contributed by atoms with Crippen molar-refractivity contribution >= 4 is 17.7 Å². The molecule has 0 atom stereocenters. The van der Waals surface area contributed by atoms with Crippen LogP contribution in [0.25, 0.3) is 0 Å². The van der Waals surface area contributed by atoms with Crippen LogP contribution in [0.5, 0.6) is 0 Å². The van der Waals surface area contributed by atoms with Gasteiger partial charge in [0.15, 0.2) is 0 Å². The van der Waals surface area contributed by atoms with Crippen LogP contribution in [0.2, 0.25) is 0 Å². The highest BCUT2D eigenvalue weighted by atomic mass is 32.2. The van der Waals surface area contributed by atoms with Crippen molar-refractivity contribution < 1.29 is 9.53 Å². The zero-order chi connectivity index (χ0) is 10.6. The van der Waals surface area contributed by atoms with Crippen molar-refractivity contribution in [2.45, 2.75) is 32.6 Å². The summed E-state index contributed by atoms with van der Waals surface area (Å²) >= 11 is 1.75. The molecule has 4 heteroatoms. The highest BCUT2D eigenvalue weighted by molar-refractivity contribution is 7.99. The lowest BCUT2D eigenvalue weighted by molar-refractivity contribution is -0.142. The topological polar surface area (TPSA) is 50.1 Å². The smallest absolute Gasteiger partial charge is 0.306 e. The summed E-state index contributed by atoms with van der Waals surface area (Å²) in [5, 5.41) is 8.28. The molecule has 0 radical (unpaired) electrons. The molecule has 0 amide bonds. The summed E-state index contributed by atoms with van der Waals surface area (Å²) in [5.74, 6) is 1.74. The maximum Gasteiger partial charge on any atom is 0.306 e. The van der Waals surface area contributed by atoms with E-state index in [0.29, 0.717) is 19.4 Å². The molecule has 0 aliphatic heterocycles. The zero-order valence-corrected chi connectivity index (χ0v) is 9.44. The van der Waals surface area contributed by atoms with Crippen molar-refractivity contribution in [3.8, 4) is 6.07 Å². The second-order valence-electron chi connectivity index (χ2n) is 2.78. The van der Waals surface area contributed by atoms with Crippen LogP contribution in [0.1, 0.15) is 32.6 Å². The Morgan fingerprint density at radius 3 is 2.86 bits per heavy atom. The summed E-state index contributed by atoms with van der Waals surface area (Å²) in [6, 6.07) is 2.11. The largest absolute Gasteiger partial charge is 0.466 e. The van der Waals surface area contributed by atoms with E-state index >= 15 is 0 Å². The first-order valence-corrected chi connectivity index (χ1v) is 6.07. The third kappa shape index (κ3) is 9.40. The molecule has 0 saturated heterocycles. The number of nitrogens with zero attached hydrogens (tertiary/aromatic N) is 1. The lowest BCUT2D eigenvalue weighted by atomic mass is 10.3. The molecule has 0 saturated carbocycles. The lowest BCUT2D eigenvalue weighted by Crippen LogP contribution is -2.04. The fourth-order valence-corrected chi connectivity index (χ4v) is 1.82. The molecule has 0 aromatic rings. The Balaban J connectivity index is 3.06. The van der Waals surface area contributed by atoms with Crippen LogP contribution in [-0.4, -0.2) is 24.1 Å². The highest BCUT2D eigenvalue weighted by Gasteiger charge is 2.00. The maximum atomic E-state index is 10.9. The molecule has 0 rings (SSSR count). The first-order valence-electron chi connectivity index (χ1n) is 4.91. The van der Waals surface area contributed by atoms with Crippen LogP contribution in [0.15, 0.2) is 0 Å². The molecule has 80 valence electrons. The average Bonchev–Trinajstić information content (AvgIpc) is 2.17. The van der Waals surface area contributed by atoms with Gasteiger partial charge in [0.1, 0.15) is 0 Å². The fraction of sp³-hybridized carbons (Fsp3) is 0.800. The number of hydrogen-bond acceptors (Lipinski definition) is 4. The number of esters is 1. The van der Waals surface area contributed by atoms with E-state index in [1.807, 2.05) is 6.92 Å². The number of rotatable bonds is 8. The molecule has 0 heterocycles. The summed E-state index contributed by atoms with van der Waals surface area (Å²) in [6.07, 6.45) is 3.15. The molecular formula is C10H17NO2S. The van der Waals surface area contributed by atoms with E-state index in [2.05, 4.69) is 6.07 Å². The molecule has 0 N–H and O–H groups in total. The van der Waals surface area contributed by atoms with Crippen molar-refractivity contribution in [1.29, 1.82) is 5.26 Å². The molecule has 0 spiro atoms. The van der Waals surface area contributed by atoms with Crippen molar-refractivity contribution in [3.05, 3.63) is 0 Å². The van der Waals surface area contributed by atoms with Gasteiger partial charge in [0, 0.05) is 12.2 Å². The number of unbranched alkanes of at least 4 members (excludes halogenated alkanes) is 2. The Hall–Kier alpha value is -0.690. The van der Waals surface area contributed by atoms with Gasteiger partial charge in [0.2, 0.25) is 0 Å². The van der Waals surface area contributed by atoms with Gasteiger partial charge in [-0.15, -0.1) is 0 Å². The molecule has 0 unspecified atom stereocenters. The maximum absolute atomic E-state index is 10.9. The molecule has 0 aromatic heterocycles. The van der Waals surface area contributed by atoms with E-state index in [-0.39, 0.29) is 5.97 Å². The molecule has 0 aliphatic rings. The van der Waals surface area contributed by atoms with Gasteiger partial charge >= 0.3 is 5.97 Å². The van der Waals surface area contributed by atoms with Crippen LogP contribution in [0.4, 0.5) is 0 Å². The van der Waals surface area contributed by atoms with E-state index < -0.39 is 0 Å².